The highest BCUT2D eigenvalue weighted by Gasteiger charge is 2.33. The van der Waals surface area contributed by atoms with E-state index in [1.807, 2.05) is 6.92 Å². The van der Waals surface area contributed by atoms with Crippen LogP contribution in [0.4, 0.5) is 18.9 Å². The number of rotatable bonds is 7. The van der Waals surface area contributed by atoms with Gasteiger partial charge in [0.2, 0.25) is 5.91 Å². The number of unbranched alkanes of at least 4 members (excludes halogenated alkanes) is 1. The molecule has 0 aromatic heterocycles. The first kappa shape index (κ1) is 21.3. The minimum Gasteiger partial charge on any atom is -0.330 e. The molecule has 0 aliphatic heterocycles. The van der Waals surface area contributed by atoms with Crippen LogP contribution in [0.5, 0.6) is 0 Å². The lowest BCUT2D eigenvalue weighted by molar-refractivity contribution is -0.140. The monoisotopic (exact) mass is 384 g/mol. The number of benzene rings is 1. The lowest BCUT2D eigenvalue weighted by Gasteiger charge is -2.24. The third kappa shape index (κ3) is 6.88. The number of amides is 2. The largest absolute Gasteiger partial charge is 0.406 e. The third-order valence-electron chi connectivity index (χ3n) is 4.79. The van der Waals surface area contributed by atoms with E-state index in [0.717, 1.165) is 37.0 Å². The maximum atomic E-state index is 12.8. The van der Waals surface area contributed by atoms with Gasteiger partial charge in [-0.15, -0.1) is 0 Å². The molecule has 1 saturated carbocycles. The van der Waals surface area contributed by atoms with Crippen LogP contribution >= 0.6 is 0 Å². The van der Waals surface area contributed by atoms with Crippen LogP contribution < -0.4 is 5.32 Å². The van der Waals surface area contributed by atoms with E-state index in [1.54, 1.807) is 12.1 Å². The zero-order chi connectivity index (χ0) is 19.9. The molecule has 1 aromatic carbocycles. The average molecular weight is 384 g/mol. The summed E-state index contributed by atoms with van der Waals surface area (Å²) >= 11 is 0. The molecule has 2 amide bonds. The van der Waals surface area contributed by atoms with Crippen LogP contribution in [0, 0.1) is 5.92 Å². The minimum absolute atomic E-state index is 0.0376. The van der Waals surface area contributed by atoms with Gasteiger partial charge in [-0.2, -0.15) is 13.2 Å². The van der Waals surface area contributed by atoms with Crippen molar-refractivity contribution in [1.82, 2.24) is 4.90 Å². The Morgan fingerprint density at radius 3 is 2.52 bits per heavy atom. The molecule has 4 nitrogen and oxygen atoms in total. The summed E-state index contributed by atoms with van der Waals surface area (Å²) in [6, 6.07) is 6.17. The number of carbonyl (C=O) groups excluding carboxylic acids is 2. The van der Waals surface area contributed by atoms with Gasteiger partial charge in [0.05, 0.1) is 0 Å². The van der Waals surface area contributed by atoms with Gasteiger partial charge in [-0.3, -0.25) is 9.59 Å². The van der Waals surface area contributed by atoms with E-state index in [4.69, 9.17) is 0 Å². The van der Waals surface area contributed by atoms with Crippen molar-refractivity contribution in [2.24, 2.45) is 5.92 Å². The fraction of sp³-hybridized carbons (Fsp3) is 0.600. The summed E-state index contributed by atoms with van der Waals surface area (Å²) in [5, 5.41) is 2.81. The van der Waals surface area contributed by atoms with Crippen LogP contribution in [-0.2, 0) is 4.79 Å². The molecule has 27 heavy (non-hydrogen) atoms. The number of nitrogens with zero attached hydrogens (tertiary/aromatic N) is 1. The molecule has 0 spiro atoms. The summed E-state index contributed by atoms with van der Waals surface area (Å²) in [5.41, 5.74) is 0.593. The molecular weight excluding hydrogens is 357 g/mol. The molecule has 7 heteroatoms. The van der Waals surface area contributed by atoms with Gasteiger partial charge >= 0.3 is 6.18 Å². The summed E-state index contributed by atoms with van der Waals surface area (Å²) in [6.45, 7) is 0.635. The van der Waals surface area contributed by atoms with Crippen LogP contribution in [0.15, 0.2) is 24.3 Å². The number of alkyl halides is 3. The lowest BCUT2D eigenvalue weighted by Crippen LogP contribution is -2.39. The molecule has 0 radical (unpaired) electrons. The highest BCUT2D eigenvalue weighted by molar-refractivity contribution is 5.97. The first-order chi connectivity index (χ1) is 12.8. The van der Waals surface area contributed by atoms with Crippen molar-refractivity contribution in [3.8, 4) is 0 Å². The zero-order valence-corrected chi connectivity index (χ0v) is 15.6. The van der Waals surface area contributed by atoms with Gasteiger partial charge in [0.25, 0.3) is 5.91 Å². The Balaban J connectivity index is 2.08. The Bertz CT molecular complexity index is 640. The Kier molecular flexibility index (Phi) is 7.68. The summed E-state index contributed by atoms with van der Waals surface area (Å²) in [6.07, 6.45) is 1.64. The highest BCUT2D eigenvalue weighted by atomic mass is 19.4. The predicted octanol–water partition coefficient (Wildman–Crippen LogP) is 5.01. The second-order valence-electron chi connectivity index (χ2n) is 7.10. The summed E-state index contributed by atoms with van der Waals surface area (Å²) < 4.78 is 38.4. The molecule has 1 aliphatic carbocycles. The van der Waals surface area contributed by atoms with Crippen LogP contribution in [0.25, 0.3) is 0 Å². The van der Waals surface area contributed by atoms with Crippen LogP contribution in [0.2, 0.25) is 0 Å². The number of carbonyl (C=O) groups is 2. The Morgan fingerprint density at radius 1 is 1.19 bits per heavy atom. The summed E-state index contributed by atoms with van der Waals surface area (Å²) in [4.78, 5) is 25.8. The van der Waals surface area contributed by atoms with Crippen molar-refractivity contribution < 1.29 is 22.8 Å². The number of halogens is 3. The van der Waals surface area contributed by atoms with Crippen LogP contribution in [-0.4, -0.2) is 36.0 Å². The topological polar surface area (TPSA) is 49.4 Å². The SMILES string of the molecule is CCCCN(CC(F)(F)F)C(=O)c1cccc(NC(=O)C2CCCCC2)c1. The average Bonchev–Trinajstić information content (AvgIpc) is 2.64. The Hall–Kier alpha value is -2.05. The molecule has 0 saturated heterocycles. The highest BCUT2D eigenvalue weighted by Crippen LogP contribution is 2.25. The van der Waals surface area contributed by atoms with Gasteiger partial charge in [-0.05, 0) is 37.5 Å². The second kappa shape index (κ2) is 9.76. The maximum Gasteiger partial charge on any atom is 0.406 e. The van der Waals surface area contributed by atoms with Crippen LogP contribution in [0.1, 0.15) is 62.2 Å². The standard InChI is InChI=1S/C20H27F3N2O2/c1-2-3-12-25(14-20(21,22)23)19(27)16-10-7-11-17(13-16)24-18(26)15-8-5-4-6-9-15/h7,10-11,13,15H,2-6,8-9,12,14H2,1H3,(H,24,26). The van der Waals surface area contributed by atoms with E-state index in [1.165, 1.54) is 12.1 Å². The summed E-state index contributed by atoms with van der Waals surface area (Å²) in [7, 11) is 0. The predicted molar refractivity (Wildman–Crippen MR) is 98.5 cm³/mol. The zero-order valence-electron chi connectivity index (χ0n) is 15.6. The molecule has 0 unspecified atom stereocenters. The van der Waals surface area contributed by atoms with Gasteiger partial charge in [-0.1, -0.05) is 38.7 Å². The Labute approximate surface area is 158 Å². The van der Waals surface area contributed by atoms with E-state index in [0.29, 0.717) is 18.5 Å². The number of anilines is 1. The molecule has 1 fully saturated rings. The van der Waals surface area contributed by atoms with E-state index >= 15 is 0 Å². The smallest absolute Gasteiger partial charge is 0.330 e. The normalized spacial score (nSPS) is 15.4. The lowest BCUT2D eigenvalue weighted by atomic mass is 9.88. The van der Waals surface area contributed by atoms with Crippen molar-refractivity contribution in [3.05, 3.63) is 29.8 Å². The maximum absolute atomic E-state index is 12.8. The molecular formula is C20H27F3N2O2. The molecule has 150 valence electrons. The van der Waals surface area contributed by atoms with Crippen LogP contribution in [0.3, 0.4) is 0 Å². The molecule has 0 heterocycles. The second-order valence-corrected chi connectivity index (χ2v) is 7.10. The van der Waals surface area contributed by atoms with Gasteiger partial charge in [0.15, 0.2) is 0 Å². The molecule has 0 atom stereocenters. The molecule has 1 aliphatic rings. The fourth-order valence-corrected chi connectivity index (χ4v) is 3.34. The van der Waals surface area contributed by atoms with Gasteiger partial charge in [0.1, 0.15) is 6.54 Å². The molecule has 2 rings (SSSR count). The van der Waals surface area contributed by atoms with E-state index < -0.39 is 18.6 Å². The summed E-state index contributed by atoms with van der Waals surface area (Å²) in [5.74, 6) is -0.795. The van der Waals surface area contributed by atoms with E-state index in [9.17, 15) is 22.8 Å². The fourth-order valence-electron chi connectivity index (χ4n) is 3.34. The van der Waals surface area contributed by atoms with Gasteiger partial charge in [-0.25, -0.2) is 0 Å². The van der Waals surface area contributed by atoms with Gasteiger partial charge < -0.3 is 10.2 Å². The number of nitrogens with one attached hydrogen (secondary N) is 1. The van der Waals surface area contributed by atoms with E-state index in [-0.39, 0.29) is 23.9 Å². The van der Waals surface area contributed by atoms with Crippen molar-refractivity contribution in [2.45, 2.75) is 58.0 Å². The van der Waals surface area contributed by atoms with Crippen molar-refractivity contribution >= 4 is 17.5 Å². The van der Waals surface area contributed by atoms with E-state index in [2.05, 4.69) is 5.32 Å². The molecule has 0 bridgehead atoms. The van der Waals surface area contributed by atoms with Crippen molar-refractivity contribution in [2.75, 3.05) is 18.4 Å². The van der Waals surface area contributed by atoms with Crippen molar-refractivity contribution in [1.29, 1.82) is 0 Å². The first-order valence-electron chi connectivity index (χ1n) is 9.57. The molecule has 1 aromatic rings. The van der Waals surface area contributed by atoms with Gasteiger partial charge in [0, 0.05) is 23.7 Å². The number of hydrogen-bond donors (Lipinski definition) is 1. The third-order valence-corrected chi connectivity index (χ3v) is 4.79. The minimum atomic E-state index is -4.45. The van der Waals surface area contributed by atoms with Crippen molar-refractivity contribution in [3.63, 3.8) is 0 Å². The quantitative estimate of drug-likeness (QED) is 0.718. The number of hydrogen-bond acceptors (Lipinski definition) is 2. The first-order valence-corrected chi connectivity index (χ1v) is 9.57. The Morgan fingerprint density at radius 2 is 1.89 bits per heavy atom. The molecule has 1 N–H and O–H groups in total.